The Hall–Kier alpha value is -0.336. The van der Waals surface area contributed by atoms with Crippen molar-refractivity contribution in [1.82, 2.24) is 0 Å². The van der Waals surface area contributed by atoms with Gasteiger partial charge in [-0.3, -0.25) is 0 Å². The molecule has 0 aliphatic carbocycles. The van der Waals surface area contributed by atoms with Gasteiger partial charge in [-0.25, -0.2) is 0 Å². The summed E-state index contributed by atoms with van der Waals surface area (Å²) in [6, 6.07) is 11.3. The molecule has 2 aromatic rings. The van der Waals surface area contributed by atoms with E-state index in [2.05, 4.69) is 33.8 Å². The molecule has 0 heterocycles. The van der Waals surface area contributed by atoms with E-state index in [0.717, 1.165) is 0 Å². The maximum Gasteiger partial charge on any atom is 4.00 e. The third-order valence-corrected chi connectivity index (χ3v) is 2.95. The summed E-state index contributed by atoms with van der Waals surface area (Å²) in [7, 11) is 0. The second-order valence-corrected chi connectivity index (χ2v) is 4.13. The fourth-order valence-electron chi connectivity index (χ4n) is 1.57. The molecular formula is C15H19Cl2NTi. The van der Waals surface area contributed by atoms with Crippen molar-refractivity contribution in [2.45, 2.75) is 27.7 Å². The van der Waals surface area contributed by atoms with Crippen LogP contribution in [-0.2, 0) is 21.7 Å². The Morgan fingerprint density at radius 1 is 0.947 bits per heavy atom. The molecule has 0 amide bonds. The van der Waals surface area contributed by atoms with Crippen molar-refractivity contribution >= 4 is 5.69 Å². The molecular weight excluding hydrogens is 313 g/mol. The van der Waals surface area contributed by atoms with E-state index in [1.165, 1.54) is 22.3 Å². The minimum absolute atomic E-state index is 0. The third kappa shape index (κ3) is 7.74. The number of nitrogens with one attached hydrogen (secondary N) is 1. The minimum Gasteiger partial charge on any atom is -1.00 e. The van der Waals surface area contributed by atoms with Gasteiger partial charge in [0.15, 0.2) is 0 Å². The van der Waals surface area contributed by atoms with Gasteiger partial charge in [-0.05, 0) is 0 Å². The summed E-state index contributed by atoms with van der Waals surface area (Å²) in [5.41, 5.74) is 13.3. The van der Waals surface area contributed by atoms with Gasteiger partial charge in [-0.1, -0.05) is 58.0 Å². The van der Waals surface area contributed by atoms with Crippen molar-refractivity contribution in [3.8, 4) is 0 Å². The molecule has 1 N–H and O–H groups in total. The molecule has 0 saturated heterocycles. The second-order valence-electron chi connectivity index (χ2n) is 4.13. The maximum absolute atomic E-state index is 7.00. The van der Waals surface area contributed by atoms with Crippen LogP contribution in [0.3, 0.4) is 0 Å². The van der Waals surface area contributed by atoms with Gasteiger partial charge in [0.25, 0.3) is 0 Å². The number of hydrogen-bond donors (Lipinski definition) is 0. The average molecular weight is 332 g/mol. The zero-order chi connectivity index (χ0) is 12.1. The second kappa shape index (κ2) is 11.5. The van der Waals surface area contributed by atoms with Crippen molar-refractivity contribution in [3.63, 3.8) is 0 Å². The van der Waals surface area contributed by atoms with Crippen LogP contribution >= 0.6 is 0 Å². The fraction of sp³-hybridized carbons (Fsp3) is 0.267. The molecule has 1 nitrogen and oxygen atoms in total. The van der Waals surface area contributed by atoms with Gasteiger partial charge in [0.1, 0.15) is 0 Å². The normalized spacial score (nSPS) is 8.00. The molecule has 4 heteroatoms. The predicted octanol–water partition coefficient (Wildman–Crippen LogP) is -0.985. The van der Waals surface area contributed by atoms with Crippen LogP contribution in [0.1, 0.15) is 22.3 Å². The van der Waals surface area contributed by atoms with Crippen LogP contribution in [0.2, 0.25) is 0 Å². The monoisotopic (exact) mass is 331 g/mol. The number of benzene rings is 1. The summed E-state index contributed by atoms with van der Waals surface area (Å²) in [6.45, 7) is 8.68. The summed E-state index contributed by atoms with van der Waals surface area (Å²) in [4.78, 5) is 0. The van der Waals surface area contributed by atoms with Crippen LogP contribution in [0.25, 0.3) is 5.73 Å². The quantitative estimate of drug-likeness (QED) is 0.437. The molecule has 2 rings (SSSR count). The van der Waals surface area contributed by atoms with Crippen molar-refractivity contribution in [2.75, 3.05) is 0 Å². The maximum atomic E-state index is 7.00. The molecule has 0 radical (unpaired) electrons. The topological polar surface area (TPSA) is 23.8 Å². The van der Waals surface area contributed by atoms with Crippen molar-refractivity contribution < 1.29 is 46.5 Å². The first-order chi connectivity index (χ1) is 7.52. The van der Waals surface area contributed by atoms with E-state index >= 15 is 0 Å². The molecule has 0 saturated carbocycles. The van der Waals surface area contributed by atoms with Gasteiger partial charge in [-0.15, -0.1) is 5.69 Å². The zero-order valence-electron chi connectivity index (χ0n) is 11.7. The van der Waals surface area contributed by atoms with Crippen molar-refractivity contribution in [1.29, 1.82) is 0 Å². The third-order valence-electron chi connectivity index (χ3n) is 2.95. The largest absolute Gasteiger partial charge is 4.00 e. The van der Waals surface area contributed by atoms with Gasteiger partial charge < -0.3 is 30.5 Å². The molecule has 0 spiro atoms. The number of aryl methyl sites for hydroxylation is 2. The van der Waals surface area contributed by atoms with E-state index in [1.54, 1.807) is 12.1 Å². The SMILES string of the molecule is Cc1c[c-](C)c(C)c1C.[Cl-].[Cl-].[NH-]c1ccccc1.[Ti+4]. The first kappa shape index (κ1) is 23.7. The predicted molar refractivity (Wildman–Crippen MR) is 71.4 cm³/mol. The van der Waals surface area contributed by atoms with Crippen LogP contribution in [0, 0.1) is 27.7 Å². The Labute approximate surface area is 144 Å². The van der Waals surface area contributed by atoms with Gasteiger partial charge in [-0.2, -0.15) is 28.3 Å². The summed E-state index contributed by atoms with van der Waals surface area (Å²) in [6.07, 6.45) is 0. The summed E-state index contributed by atoms with van der Waals surface area (Å²) >= 11 is 0. The van der Waals surface area contributed by atoms with Crippen LogP contribution in [0.4, 0.5) is 5.69 Å². The van der Waals surface area contributed by atoms with E-state index in [4.69, 9.17) is 5.73 Å². The van der Waals surface area contributed by atoms with Gasteiger partial charge in [0.2, 0.25) is 0 Å². The smallest absolute Gasteiger partial charge is 1.00 e. The Morgan fingerprint density at radius 2 is 1.42 bits per heavy atom. The Bertz CT molecular complexity index is 430. The number of halogens is 2. The summed E-state index contributed by atoms with van der Waals surface area (Å²) in [5, 5.41) is 0. The molecule has 0 atom stereocenters. The Morgan fingerprint density at radius 3 is 1.58 bits per heavy atom. The molecule has 0 aromatic heterocycles. The van der Waals surface area contributed by atoms with Crippen LogP contribution in [0.15, 0.2) is 36.4 Å². The Kier molecular flexibility index (Phi) is 14.4. The first-order valence-electron chi connectivity index (χ1n) is 5.49. The number of hydrogen-bond acceptors (Lipinski definition) is 0. The van der Waals surface area contributed by atoms with Crippen molar-refractivity contribution in [3.05, 3.63) is 64.4 Å². The van der Waals surface area contributed by atoms with E-state index < -0.39 is 0 Å². The molecule has 102 valence electrons. The first-order valence-corrected chi connectivity index (χ1v) is 5.49. The molecule has 2 aromatic carbocycles. The van der Waals surface area contributed by atoms with E-state index in [1.807, 2.05) is 18.2 Å². The summed E-state index contributed by atoms with van der Waals surface area (Å²) < 4.78 is 0. The average Bonchev–Trinajstić information content (AvgIpc) is 2.48. The van der Waals surface area contributed by atoms with Crippen LogP contribution < -0.4 is 24.8 Å². The van der Waals surface area contributed by atoms with Gasteiger partial charge >= 0.3 is 21.7 Å². The number of rotatable bonds is 0. The molecule has 0 aliphatic rings. The van der Waals surface area contributed by atoms with E-state index in [-0.39, 0.29) is 46.5 Å². The zero-order valence-corrected chi connectivity index (χ0v) is 14.8. The molecule has 0 unspecified atom stereocenters. The van der Waals surface area contributed by atoms with Crippen LogP contribution in [0.5, 0.6) is 0 Å². The van der Waals surface area contributed by atoms with E-state index in [0.29, 0.717) is 5.69 Å². The van der Waals surface area contributed by atoms with Gasteiger partial charge in [0.05, 0.1) is 0 Å². The molecule has 0 fully saturated rings. The molecule has 0 aliphatic heterocycles. The summed E-state index contributed by atoms with van der Waals surface area (Å²) in [5.74, 6) is 0. The molecule has 19 heavy (non-hydrogen) atoms. The standard InChI is InChI=1S/C9H13.C6H6N.2ClH.Ti/c1-6-5-7(2)9(4)8(6)3;7-6-4-2-1-3-5-6;;;/h5H,1-4H3;1-5,7H;2*1H;/q2*-1;;;+4/p-2. The minimum atomic E-state index is 0. The van der Waals surface area contributed by atoms with E-state index in [9.17, 15) is 0 Å². The van der Waals surface area contributed by atoms with Crippen LogP contribution in [-0.4, -0.2) is 0 Å². The fourth-order valence-corrected chi connectivity index (χ4v) is 1.57. The van der Waals surface area contributed by atoms with Crippen molar-refractivity contribution in [2.24, 2.45) is 0 Å². The molecule has 0 bridgehead atoms. The van der Waals surface area contributed by atoms with Gasteiger partial charge in [0, 0.05) is 0 Å². The Balaban J connectivity index is -0.000000237.